The van der Waals surface area contributed by atoms with E-state index in [1.807, 2.05) is 29.7 Å². The van der Waals surface area contributed by atoms with E-state index in [-0.39, 0.29) is 0 Å². The van der Waals surface area contributed by atoms with Crippen LogP contribution in [-0.2, 0) is 4.84 Å². The van der Waals surface area contributed by atoms with E-state index >= 15 is 0 Å². The fourth-order valence-electron chi connectivity index (χ4n) is 3.85. The van der Waals surface area contributed by atoms with Crippen LogP contribution in [0.5, 0.6) is 0 Å². The minimum atomic E-state index is 0.361. The number of hydroxylamine groups is 2. The van der Waals surface area contributed by atoms with Crippen LogP contribution >= 0.6 is 0 Å². The molecular formula is C19H27N5O. The summed E-state index contributed by atoms with van der Waals surface area (Å²) < 4.78 is 0. The summed E-state index contributed by atoms with van der Waals surface area (Å²) in [6.07, 6.45) is 10.5. The fourth-order valence-corrected chi connectivity index (χ4v) is 3.85. The standard InChI is InChI=1S/C19H27N5O/c1-2-6-18-17(5-1)20-9-10-24(18)25-16-15-22-11-13-23(14-12-22)19-7-3-4-8-21-19/h3-4,7-10,18H,1-2,5-6,11-16H2. The second kappa shape index (κ2) is 7.97. The van der Waals surface area contributed by atoms with Crippen molar-refractivity contribution < 1.29 is 4.84 Å². The molecule has 0 spiro atoms. The lowest BCUT2D eigenvalue weighted by Crippen LogP contribution is -2.48. The molecule has 1 atom stereocenters. The number of fused-ring (bicyclic) bond motifs is 1. The number of rotatable bonds is 5. The minimum absolute atomic E-state index is 0.361. The van der Waals surface area contributed by atoms with E-state index < -0.39 is 0 Å². The highest BCUT2D eigenvalue weighted by molar-refractivity contribution is 5.91. The molecule has 1 unspecified atom stereocenters. The van der Waals surface area contributed by atoms with E-state index in [1.54, 1.807) is 0 Å². The van der Waals surface area contributed by atoms with Crippen molar-refractivity contribution in [1.82, 2.24) is 14.9 Å². The zero-order chi connectivity index (χ0) is 16.9. The topological polar surface area (TPSA) is 44.2 Å². The summed E-state index contributed by atoms with van der Waals surface area (Å²) in [5, 5.41) is 2.03. The molecule has 0 amide bonds. The van der Waals surface area contributed by atoms with Gasteiger partial charge in [0.25, 0.3) is 0 Å². The molecule has 1 saturated carbocycles. The summed E-state index contributed by atoms with van der Waals surface area (Å²) in [6.45, 7) is 5.88. The van der Waals surface area contributed by atoms with Crippen LogP contribution in [0.1, 0.15) is 25.7 Å². The van der Waals surface area contributed by atoms with Gasteiger partial charge in [0.2, 0.25) is 0 Å². The van der Waals surface area contributed by atoms with Gasteiger partial charge in [-0.25, -0.2) is 4.98 Å². The monoisotopic (exact) mass is 341 g/mol. The molecular weight excluding hydrogens is 314 g/mol. The van der Waals surface area contributed by atoms with Crippen molar-refractivity contribution in [2.75, 3.05) is 44.2 Å². The molecule has 3 aliphatic rings. The van der Waals surface area contributed by atoms with Crippen molar-refractivity contribution in [3.63, 3.8) is 0 Å². The summed E-state index contributed by atoms with van der Waals surface area (Å²) in [4.78, 5) is 19.9. The van der Waals surface area contributed by atoms with E-state index in [4.69, 9.17) is 4.84 Å². The molecule has 0 N–H and O–H groups in total. The minimum Gasteiger partial charge on any atom is -0.354 e. The first-order valence-corrected chi connectivity index (χ1v) is 9.43. The zero-order valence-corrected chi connectivity index (χ0v) is 14.8. The van der Waals surface area contributed by atoms with Crippen LogP contribution < -0.4 is 4.90 Å². The summed E-state index contributed by atoms with van der Waals surface area (Å²) in [7, 11) is 0. The van der Waals surface area contributed by atoms with Crippen molar-refractivity contribution in [2.45, 2.75) is 31.7 Å². The third-order valence-electron chi connectivity index (χ3n) is 5.30. The lowest BCUT2D eigenvalue weighted by atomic mass is 9.92. The summed E-state index contributed by atoms with van der Waals surface area (Å²) in [5.74, 6) is 1.08. The summed E-state index contributed by atoms with van der Waals surface area (Å²) in [5.41, 5.74) is 1.29. The van der Waals surface area contributed by atoms with Crippen LogP contribution in [-0.4, -0.2) is 66.0 Å². The Hall–Kier alpha value is -1.92. The molecule has 134 valence electrons. The van der Waals surface area contributed by atoms with Gasteiger partial charge in [-0.3, -0.25) is 19.8 Å². The maximum Gasteiger partial charge on any atom is 0.128 e. The smallest absolute Gasteiger partial charge is 0.128 e. The molecule has 25 heavy (non-hydrogen) atoms. The van der Waals surface area contributed by atoms with Crippen LogP contribution in [0.15, 0.2) is 41.8 Å². The molecule has 1 aromatic heterocycles. The van der Waals surface area contributed by atoms with Gasteiger partial charge in [0.15, 0.2) is 0 Å². The number of nitrogens with zero attached hydrogens (tertiary/aromatic N) is 5. The van der Waals surface area contributed by atoms with Crippen LogP contribution in [0.25, 0.3) is 0 Å². The maximum atomic E-state index is 6.06. The highest BCUT2D eigenvalue weighted by Gasteiger charge is 2.27. The van der Waals surface area contributed by atoms with Crippen LogP contribution in [0.2, 0.25) is 0 Å². The number of hydrogen-bond acceptors (Lipinski definition) is 6. The average Bonchev–Trinajstić information content (AvgIpc) is 2.69. The Morgan fingerprint density at radius 2 is 2.04 bits per heavy atom. The Bertz CT molecular complexity index is 610. The molecule has 1 aromatic rings. The number of hydrogen-bond donors (Lipinski definition) is 0. The van der Waals surface area contributed by atoms with Gasteiger partial charge < -0.3 is 4.90 Å². The molecule has 4 rings (SSSR count). The predicted molar refractivity (Wildman–Crippen MR) is 99.5 cm³/mol. The van der Waals surface area contributed by atoms with Gasteiger partial charge in [-0.15, -0.1) is 0 Å². The van der Waals surface area contributed by atoms with Gasteiger partial charge in [0.05, 0.1) is 12.6 Å². The highest BCUT2D eigenvalue weighted by atomic mass is 16.7. The van der Waals surface area contributed by atoms with Gasteiger partial charge in [0, 0.05) is 57.0 Å². The fraction of sp³-hybridized carbons (Fsp3) is 0.579. The Balaban J connectivity index is 1.20. The SMILES string of the molecule is C1=CN(OCCN2CCN(c3ccccn3)CC2)C2CCCCC2=N1. The molecule has 2 aliphatic heterocycles. The number of aromatic nitrogens is 1. The van der Waals surface area contributed by atoms with Crippen molar-refractivity contribution in [2.24, 2.45) is 4.99 Å². The average molecular weight is 341 g/mol. The quantitative estimate of drug-likeness (QED) is 0.822. The molecule has 1 saturated heterocycles. The number of anilines is 1. The normalized spacial score (nSPS) is 24.2. The van der Waals surface area contributed by atoms with Gasteiger partial charge in [-0.05, 0) is 31.4 Å². The van der Waals surface area contributed by atoms with E-state index in [2.05, 4.69) is 31.9 Å². The van der Waals surface area contributed by atoms with Gasteiger partial charge in [-0.1, -0.05) is 12.5 Å². The van der Waals surface area contributed by atoms with Crippen molar-refractivity contribution in [1.29, 1.82) is 0 Å². The Kier molecular flexibility index (Phi) is 5.28. The molecule has 0 bridgehead atoms. The lowest BCUT2D eigenvalue weighted by Gasteiger charge is -2.37. The van der Waals surface area contributed by atoms with Gasteiger partial charge in [0.1, 0.15) is 5.82 Å². The second-order valence-electron chi connectivity index (χ2n) is 6.89. The van der Waals surface area contributed by atoms with E-state index in [0.717, 1.165) is 58.0 Å². The summed E-state index contributed by atoms with van der Waals surface area (Å²) in [6, 6.07) is 6.47. The molecule has 0 radical (unpaired) electrons. The van der Waals surface area contributed by atoms with Gasteiger partial charge >= 0.3 is 0 Å². The number of piperazine rings is 1. The van der Waals surface area contributed by atoms with Crippen molar-refractivity contribution in [3.8, 4) is 0 Å². The second-order valence-corrected chi connectivity index (χ2v) is 6.89. The van der Waals surface area contributed by atoms with E-state index in [0.29, 0.717) is 6.04 Å². The van der Waals surface area contributed by atoms with E-state index in [9.17, 15) is 0 Å². The van der Waals surface area contributed by atoms with Crippen LogP contribution in [0.4, 0.5) is 5.82 Å². The van der Waals surface area contributed by atoms with Gasteiger partial charge in [-0.2, -0.15) is 0 Å². The van der Waals surface area contributed by atoms with Crippen LogP contribution in [0, 0.1) is 0 Å². The predicted octanol–water partition coefficient (Wildman–Crippen LogP) is 2.31. The first-order chi connectivity index (χ1) is 12.4. The van der Waals surface area contributed by atoms with Crippen molar-refractivity contribution >= 4 is 11.5 Å². The Morgan fingerprint density at radius 3 is 2.88 bits per heavy atom. The number of aliphatic imine (C=N–C) groups is 1. The zero-order valence-electron chi connectivity index (χ0n) is 14.8. The molecule has 6 nitrogen and oxygen atoms in total. The van der Waals surface area contributed by atoms with Crippen LogP contribution in [0.3, 0.4) is 0 Å². The lowest BCUT2D eigenvalue weighted by molar-refractivity contribution is -0.141. The third-order valence-corrected chi connectivity index (χ3v) is 5.30. The third kappa shape index (κ3) is 4.02. The van der Waals surface area contributed by atoms with Crippen molar-refractivity contribution in [3.05, 3.63) is 36.8 Å². The molecule has 0 aromatic carbocycles. The number of pyridine rings is 1. The summed E-state index contributed by atoms with van der Waals surface area (Å²) >= 11 is 0. The molecule has 6 heteroatoms. The molecule has 2 fully saturated rings. The van der Waals surface area contributed by atoms with E-state index in [1.165, 1.54) is 18.6 Å². The Morgan fingerprint density at radius 1 is 1.12 bits per heavy atom. The first-order valence-electron chi connectivity index (χ1n) is 9.43. The highest BCUT2D eigenvalue weighted by Crippen LogP contribution is 2.24. The Labute approximate surface area is 149 Å². The molecule has 1 aliphatic carbocycles. The first kappa shape index (κ1) is 16.5. The maximum absolute atomic E-state index is 6.06. The largest absolute Gasteiger partial charge is 0.354 e. The molecule has 3 heterocycles.